The van der Waals surface area contributed by atoms with Crippen LogP contribution in [-0.4, -0.2) is 97.9 Å². The molecular formula is C22H35NO8. The fourth-order valence-corrected chi connectivity index (χ4v) is 3.28. The number of aliphatic hydroxyl groups is 5. The summed E-state index contributed by atoms with van der Waals surface area (Å²) in [5.74, 6) is -1.34. The summed E-state index contributed by atoms with van der Waals surface area (Å²) in [5, 5.41) is 51.8. The number of hydrogen-bond acceptors (Lipinski definition) is 8. The minimum Gasteiger partial charge on any atom is -0.479 e. The normalized spacial score (nSPS) is 19.3. The smallest absolute Gasteiger partial charge is 0.335 e. The number of carboxylic acids is 1. The van der Waals surface area contributed by atoms with Crippen LogP contribution < -0.4 is 0 Å². The van der Waals surface area contributed by atoms with Gasteiger partial charge in [-0.3, -0.25) is 4.79 Å². The molecule has 9 nitrogen and oxygen atoms in total. The molecule has 0 unspecified atom stereocenters. The lowest BCUT2D eigenvalue weighted by molar-refractivity contribution is -0.164. The first-order chi connectivity index (χ1) is 14.6. The summed E-state index contributed by atoms with van der Waals surface area (Å²) in [6.45, 7) is 6.48. The van der Waals surface area contributed by atoms with Crippen molar-refractivity contribution >= 4 is 11.8 Å². The number of aryl methyl sites for hydroxylation is 1. The number of Topliss-reactive ketones (excluding diaryl/α,β-unsaturated/α-hetero) is 1. The first-order valence-electron chi connectivity index (χ1n) is 10.5. The summed E-state index contributed by atoms with van der Waals surface area (Å²) in [6.07, 6.45) is -3.93. The van der Waals surface area contributed by atoms with Crippen LogP contribution in [0.3, 0.4) is 0 Å². The zero-order valence-electron chi connectivity index (χ0n) is 18.1. The molecule has 1 aromatic carbocycles. The lowest BCUT2D eigenvalue weighted by Gasteiger charge is -2.28. The third-order valence-corrected chi connectivity index (χ3v) is 5.27. The maximum atomic E-state index is 12.3. The number of hydrogen-bond donors (Lipinski definition) is 6. The Morgan fingerprint density at radius 1 is 0.968 bits per heavy atom. The van der Waals surface area contributed by atoms with Crippen LogP contribution in [0, 0.1) is 12.8 Å². The highest BCUT2D eigenvalue weighted by Gasteiger charge is 2.33. The van der Waals surface area contributed by atoms with Crippen molar-refractivity contribution in [2.75, 3.05) is 26.2 Å². The molecule has 1 aliphatic heterocycles. The summed E-state index contributed by atoms with van der Waals surface area (Å²) in [4.78, 5) is 24.8. The molecule has 1 saturated heterocycles. The van der Waals surface area contributed by atoms with Gasteiger partial charge in [0.2, 0.25) is 0 Å². The molecule has 176 valence electrons. The number of nitrogens with zero attached hydrogens (tertiary/aromatic N) is 1. The van der Waals surface area contributed by atoms with Gasteiger partial charge in [-0.2, -0.15) is 0 Å². The monoisotopic (exact) mass is 441 g/mol. The second kappa shape index (κ2) is 13.5. The molecule has 1 fully saturated rings. The van der Waals surface area contributed by atoms with Crippen LogP contribution in [0.5, 0.6) is 0 Å². The van der Waals surface area contributed by atoms with Crippen molar-refractivity contribution in [3.05, 3.63) is 35.4 Å². The van der Waals surface area contributed by atoms with E-state index in [0.717, 1.165) is 25.2 Å². The first-order valence-corrected chi connectivity index (χ1v) is 10.5. The molecule has 0 aliphatic carbocycles. The number of ketones is 1. The zero-order chi connectivity index (χ0) is 23.6. The number of carbonyl (C=O) groups excluding carboxylic acids is 1. The van der Waals surface area contributed by atoms with Gasteiger partial charge in [0.1, 0.15) is 18.3 Å². The maximum absolute atomic E-state index is 12.3. The van der Waals surface area contributed by atoms with Gasteiger partial charge < -0.3 is 35.5 Å². The van der Waals surface area contributed by atoms with E-state index >= 15 is 0 Å². The van der Waals surface area contributed by atoms with Gasteiger partial charge in [-0.15, -0.1) is 0 Å². The van der Waals surface area contributed by atoms with E-state index in [-0.39, 0.29) is 11.7 Å². The lowest BCUT2D eigenvalue weighted by Crippen LogP contribution is -2.48. The third-order valence-electron chi connectivity index (χ3n) is 5.27. The van der Waals surface area contributed by atoms with Crippen molar-refractivity contribution < 1.29 is 40.2 Å². The van der Waals surface area contributed by atoms with Gasteiger partial charge in [-0.1, -0.05) is 43.2 Å². The van der Waals surface area contributed by atoms with E-state index in [4.69, 9.17) is 30.6 Å². The molecule has 0 saturated carbocycles. The van der Waals surface area contributed by atoms with E-state index in [1.807, 2.05) is 31.2 Å². The highest BCUT2D eigenvalue weighted by atomic mass is 16.4. The van der Waals surface area contributed by atoms with Gasteiger partial charge >= 0.3 is 5.97 Å². The zero-order valence-corrected chi connectivity index (χ0v) is 18.1. The summed E-state index contributed by atoms with van der Waals surface area (Å²) in [5.41, 5.74) is 2.06. The fourth-order valence-electron chi connectivity index (χ4n) is 3.28. The van der Waals surface area contributed by atoms with Crippen molar-refractivity contribution in [1.82, 2.24) is 4.90 Å². The first kappa shape index (κ1) is 27.2. The topological polar surface area (TPSA) is 159 Å². The largest absolute Gasteiger partial charge is 0.479 e. The second-order valence-corrected chi connectivity index (χ2v) is 8.01. The Bertz CT molecular complexity index is 675. The number of piperidine rings is 1. The number of aliphatic hydroxyl groups excluding tert-OH is 5. The molecular weight excluding hydrogens is 406 g/mol. The highest BCUT2D eigenvalue weighted by molar-refractivity contribution is 5.97. The molecule has 0 aromatic heterocycles. The predicted octanol–water partition coefficient (Wildman–Crippen LogP) is -0.193. The van der Waals surface area contributed by atoms with Crippen molar-refractivity contribution in [3.63, 3.8) is 0 Å². The number of benzene rings is 1. The third kappa shape index (κ3) is 9.02. The SMILES string of the molecule is Cc1ccc(C(=O)[C@@H](C)CN2CCCCC2)cc1.O=C(O)[C@H](O)[C@H](O)[C@H](O)[C@@H](O)CO. The number of aliphatic carboxylic acids is 1. The Morgan fingerprint density at radius 3 is 2.00 bits per heavy atom. The molecule has 1 heterocycles. The molecule has 0 amide bonds. The quantitative estimate of drug-likeness (QED) is 0.286. The number of carbonyl (C=O) groups is 2. The minimum absolute atomic E-state index is 0.103. The van der Waals surface area contributed by atoms with Gasteiger partial charge in [0.25, 0.3) is 0 Å². The van der Waals surface area contributed by atoms with Crippen LogP contribution in [0.1, 0.15) is 42.1 Å². The number of carboxylic acid groups (broad SMARTS) is 1. The summed E-state index contributed by atoms with van der Waals surface area (Å²) in [6, 6.07) is 7.93. The van der Waals surface area contributed by atoms with Crippen LogP contribution in [0.2, 0.25) is 0 Å². The maximum Gasteiger partial charge on any atom is 0.335 e. The van der Waals surface area contributed by atoms with E-state index in [0.29, 0.717) is 0 Å². The molecule has 0 bridgehead atoms. The molecule has 9 heteroatoms. The van der Waals surface area contributed by atoms with Crippen molar-refractivity contribution in [2.45, 2.75) is 57.5 Å². The number of likely N-dealkylation sites (tertiary alicyclic amines) is 1. The van der Waals surface area contributed by atoms with E-state index in [9.17, 15) is 9.59 Å². The van der Waals surface area contributed by atoms with Gasteiger partial charge in [0.15, 0.2) is 11.9 Å². The minimum atomic E-state index is -2.20. The highest BCUT2D eigenvalue weighted by Crippen LogP contribution is 2.15. The molecule has 1 aromatic rings. The Morgan fingerprint density at radius 2 is 1.52 bits per heavy atom. The molecule has 1 aliphatic rings. The van der Waals surface area contributed by atoms with Gasteiger partial charge in [-0.05, 0) is 32.9 Å². The van der Waals surface area contributed by atoms with Crippen LogP contribution >= 0.6 is 0 Å². The Kier molecular flexibility index (Phi) is 11.8. The summed E-state index contributed by atoms with van der Waals surface area (Å²) < 4.78 is 0. The Balaban J connectivity index is 0.000000330. The Labute approximate surface area is 182 Å². The van der Waals surface area contributed by atoms with Gasteiger partial charge in [0, 0.05) is 18.0 Å². The van der Waals surface area contributed by atoms with Gasteiger partial charge in [-0.25, -0.2) is 4.79 Å². The van der Waals surface area contributed by atoms with E-state index in [1.54, 1.807) is 0 Å². The Hall–Kier alpha value is -1.88. The van der Waals surface area contributed by atoms with Gasteiger partial charge in [0.05, 0.1) is 6.61 Å². The molecule has 0 radical (unpaired) electrons. The molecule has 6 N–H and O–H groups in total. The molecule has 0 spiro atoms. The summed E-state index contributed by atoms with van der Waals surface area (Å²) in [7, 11) is 0. The summed E-state index contributed by atoms with van der Waals surface area (Å²) >= 11 is 0. The van der Waals surface area contributed by atoms with Crippen LogP contribution in [0.4, 0.5) is 0 Å². The lowest BCUT2D eigenvalue weighted by atomic mass is 9.97. The van der Waals surface area contributed by atoms with Crippen molar-refractivity contribution in [3.8, 4) is 0 Å². The average Bonchev–Trinajstić information content (AvgIpc) is 2.78. The van der Waals surface area contributed by atoms with Crippen LogP contribution in [-0.2, 0) is 4.79 Å². The van der Waals surface area contributed by atoms with Crippen molar-refractivity contribution in [2.24, 2.45) is 5.92 Å². The van der Waals surface area contributed by atoms with E-state index in [2.05, 4.69) is 11.8 Å². The predicted molar refractivity (Wildman–Crippen MR) is 114 cm³/mol. The average molecular weight is 442 g/mol. The second-order valence-electron chi connectivity index (χ2n) is 8.01. The number of rotatable bonds is 9. The standard InChI is InChI=1S/C16H23NO.C6H12O7/c1-13-6-8-15(9-7-13)16(18)14(2)12-17-10-4-3-5-11-17;7-1-2(8)3(9)4(10)5(11)6(12)13/h6-9,14H,3-5,10-12H2,1-2H3;2-5,7-11H,1H2,(H,12,13)/t14-;2-,3+,4+,5+/m00/s1. The molecule has 2 rings (SSSR count). The van der Waals surface area contributed by atoms with E-state index < -0.39 is 37.0 Å². The van der Waals surface area contributed by atoms with Crippen LogP contribution in [0.15, 0.2) is 24.3 Å². The molecule has 31 heavy (non-hydrogen) atoms. The van der Waals surface area contributed by atoms with E-state index in [1.165, 1.54) is 24.8 Å². The fraction of sp³-hybridized carbons (Fsp3) is 0.636. The molecule has 5 atom stereocenters. The van der Waals surface area contributed by atoms with Crippen molar-refractivity contribution in [1.29, 1.82) is 0 Å². The van der Waals surface area contributed by atoms with Crippen LogP contribution in [0.25, 0.3) is 0 Å².